The SMILES string of the molecule is [2H]C1([2H])CC2(C([2H])([2H])[2H])CCC1C(C)(C)O2. The third kappa shape index (κ3) is 1.10. The van der Waals surface area contributed by atoms with Gasteiger partial charge in [0, 0.05) is 6.85 Å². The van der Waals surface area contributed by atoms with E-state index in [0.717, 1.165) is 0 Å². The molecular formula is C10H18O. The topological polar surface area (TPSA) is 9.23 Å². The predicted octanol–water partition coefficient (Wildman–Crippen LogP) is 2.74. The molecule has 2 unspecified atom stereocenters. The van der Waals surface area contributed by atoms with Crippen LogP contribution in [-0.2, 0) is 4.74 Å². The first-order chi connectivity index (χ1) is 7.00. The Bertz CT molecular complexity index is 289. The molecule has 1 saturated carbocycles. The minimum absolute atomic E-state index is 0.00933. The molecule has 0 N–H and O–H groups in total. The van der Waals surface area contributed by atoms with Crippen LogP contribution in [0.3, 0.4) is 0 Å². The third-order valence-electron chi connectivity index (χ3n) is 2.77. The van der Waals surface area contributed by atoms with E-state index in [1.807, 2.05) is 0 Å². The lowest BCUT2D eigenvalue weighted by Gasteiger charge is -2.54. The normalized spacial score (nSPS) is 60.2. The second-order valence-electron chi connectivity index (χ2n) is 4.17. The average molecular weight is 159 g/mol. The Morgan fingerprint density at radius 2 is 2.36 bits per heavy atom. The molecule has 0 aromatic carbocycles. The predicted molar refractivity (Wildman–Crippen MR) is 45.5 cm³/mol. The van der Waals surface area contributed by atoms with Crippen LogP contribution in [0.1, 0.15) is 53.2 Å². The van der Waals surface area contributed by atoms with E-state index < -0.39 is 24.4 Å². The van der Waals surface area contributed by atoms with Gasteiger partial charge in [0.15, 0.2) is 0 Å². The van der Waals surface area contributed by atoms with E-state index >= 15 is 0 Å². The zero-order chi connectivity index (χ0) is 12.4. The van der Waals surface area contributed by atoms with E-state index in [0.29, 0.717) is 12.8 Å². The largest absolute Gasteiger partial charge is 0.369 e. The highest BCUT2D eigenvalue weighted by molar-refractivity contribution is 4.97. The highest BCUT2D eigenvalue weighted by Gasteiger charge is 2.47. The second-order valence-corrected chi connectivity index (χ2v) is 4.17. The summed E-state index contributed by atoms with van der Waals surface area (Å²) in [7, 11) is 0. The van der Waals surface area contributed by atoms with Gasteiger partial charge in [0.25, 0.3) is 0 Å². The summed E-state index contributed by atoms with van der Waals surface area (Å²) >= 11 is 0. The Kier molecular flexibility index (Phi) is 0.690. The summed E-state index contributed by atoms with van der Waals surface area (Å²) in [6.45, 7) is 1.35. The molecule has 3 fully saturated rings. The Balaban J connectivity index is 2.44. The minimum Gasteiger partial charge on any atom is -0.369 e. The van der Waals surface area contributed by atoms with E-state index in [4.69, 9.17) is 11.6 Å². The first kappa shape index (κ1) is 3.78. The molecule has 2 aliphatic heterocycles. The summed E-state index contributed by atoms with van der Waals surface area (Å²) in [5.41, 5.74) is -1.97. The number of fused-ring (bicyclic) bond motifs is 3. The van der Waals surface area contributed by atoms with Crippen molar-refractivity contribution in [2.75, 3.05) is 0 Å². The van der Waals surface area contributed by atoms with Crippen molar-refractivity contribution >= 4 is 0 Å². The molecule has 3 aliphatic rings. The van der Waals surface area contributed by atoms with Gasteiger partial charge in [-0.25, -0.2) is 0 Å². The third-order valence-corrected chi connectivity index (χ3v) is 2.77. The van der Waals surface area contributed by atoms with E-state index in [1.165, 1.54) is 0 Å². The summed E-state index contributed by atoms with van der Waals surface area (Å²) in [5, 5.41) is 0. The van der Waals surface area contributed by atoms with Crippen molar-refractivity contribution in [3.63, 3.8) is 0 Å². The van der Waals surface area contributed by atoms with Crippen molar-refractivity contribution in [3.8, 4) is 0 Å². The van der Waals surface area contributed by atoms with Crippen molar-refractivity contribution in [1.29, 1.82) is 0 Å². The molecule has 3 rings (SSSR count). The van der Waals surface area contributed by atoms with Gasteiger partial charge in [-0.3, -0.25) is 0 Å². The minimum atomic E-state index is -2.25. The Labute approximate surface area is 76.2 Å². The van der Waals surface area contributed by atoms with Gasteiger partial charge in [-0.1, -0.05) is 0 Å². The van der Waals surface area contributed by atoms with Gasteiger partial charge >= 0.3 is 0 Å². The van der Waals surface area contributed by atoms with Crippen LogP contribution >= 0.6 is 0 Å². The second kappa shape index (κ2) is 2.01. The van der Waals surface area contributed by atoms with Gasteiger partial charge in [-0.05, 0) is 52.3 Å². The van der Waals surface area contributed by atoms with Crippen LogP contribution < -0.4 is 0 Å². The number of hydrogen-bond acceptors (Lipinski definition) is 1. The first-order valence-electron chi connectivity index (χ1n) is 6.70. The molecular weight excluding hydrogens is 136 g/mol. The van der Waals surface area contributed by atoms with Gasteiger partial charge in [0.2, 0.25) is 0 Å². The lowest BCUT2D eigenvalue weighted by Crippen LogP contribution is -2.53. The average Bonchev–Trinajstić information content (AvgIpc) is 1.96. The summed E-state index contributed by atoms with van der Waals surface area (Å²) < 4.78 is 44.6. The van der Waals surface area contributed by atoms with Gasteiger partial charge in [0.05, 0.1) is 11.2 Å². The standard InChI is InChI=1S/C10H18O/c1-9(2)8-4-6-10(3,11-9)7-5-8/h8H,4-7H2,1-3H3/i3D3,4D2. The Morgan fingerprint density at radius 3 is 2.91 bits per heavy atom. The molecule has 0 aromatic heterocycles. The molecule has 2 heterocycles. The highest BCUT2D eigenvalue weighted by Crippen LogP contribution is 2.49. The van der Waals surface area contributed by atoms with Crippen molar-refractivity contribution in [1.82, 2.24) is 0 Å². The molecule has 2 atom stereocenters. The molecule has 1 heteroatoms. The van der Waals surface area contributed by atoms with Gasteiger partial charge in [-0.2, -0.15) is 0 Å². The van der Waals surface area contributed by atoms with Crippen LogP contribution in [0.25, 0.3) is 0 Å². The van der Waals surface area contributed by atoms with E-state index in [-0.39, 0.29) is 12.3 Å². The maximum absolute atomic E-state index is 8.01. The highest BCUT2D eigenvalue weighted by atomic mass is 16.5. The molecule has 0 spiro atoms. The fraction of sp³-hybridized carbons (Fsp3) is 1.00. The molecule has 0 radical (unpaired) electrons. The summed E-state index contributed by atoms with van der Waals surface area (Å²) in [6.07, 6.45) is -0.408. The zero-order valence-electron chi connectivity index (χ0n) is 12.1. The lowest BCUT2D eigenvalue weighted by molar-refractivity contribution is -0.229. The number of hydrogen-bond donors (Lipinski definition) is 0. The summed E-state index contributed by atoms with van der Waals surface area (Å²) in [5.74, 6) is -0.204. The monoisotopic (exact) mass is 159 g/mol. The molecule has 2 saturated heterocycles. The van der Waals surface area contributed by atoms with Crippen LogP contribution in [0.2, 0.25) is 0 Å². The molecule has 2 bridgehead atoms. The van der Waals surface area contributed by atoms with Crippen LogP contribution in [0.4, 0.5) is 0 Å². The molecule has 1 nitrogen and oxygen atoms in total. The van der Waals surface area contributed by atoms with Gasteiger partial charge in [0.1, 0.15) is 0 Å². The van der Waals surface area contributed by atoms with Crippen molar-refractivity contribution in [2.45, 2.75) is 57.5 Å². The fourth-order valence-electron chi connectivity index (χ4n) is 2.11. The van der Waals surface area contributed by atoms with Crippen molar-refractivity contribution in [2.24, 2.45) is 5.92 Å². The smallest absolute Gasteiger partial charge is 0.0662 e. The quantitative estimate of drug-likeness (QED) is 0.528. The number of ether oxygens (including phenoxy) is 1. The number of rotatable bonds is 0. The molecule has 1 aliphatic carbocycles. The first-order valence-corrected chi connectivity index (χ1v) is 4.20. The van der Waals surface area contributed by atoms with Crippen LogP contribution in [0.15, 0.2) is 0 Å². The Morgan fingerprint density at radius 1 is 1.55 bits per heavy atom. The van der Waals surface area contributed by atoms with Crippen molar-refractivity contribution in [3.05, 3.63) is 0 Å². The van der Waals surface area contributed by atoms with Crippen LogP contribution in [-0.4, -0.2) is 11.2 Å². The summed E-state index contributed by atoms with van der Waals surface area (Å²) in [6, 6.07) is 0. The maximum Gasteiger partial charge on any atom is 0.0662 e. The molecule has 11 heavy (non-hydrogen) atoms. The van der Waals surface area contributed by atoms with Crippen molar-refractivity contribution < 1.29 is 11.6 Å². The maximum atomic E-state index is 8.01. The summed E-state index contributed by atoms with van der Waals surface area (Å²) in [4.78, 5) is 0. The lowest BCUT2D eigenvalue weighted by atomic mass is 9.69. The van der Waals surface area contributed by atoms with Gasteiger partial charge in [-0.15, -0.1) is 0 Å². The van der Waals surface area contributed by atoms with E-state index in [2.05, 4.69) is 0 Å². The zero-order valence-corrected chi connectivity index (χ0v) is 7.11. The van der Waals surface area contributed by atoms with Gasteiger partial charge < -0.3 is 4.74 Å². The van der Waals surface area contributed by atoms with Crippen LogP contribution in [0.5, 0.6) is 0 Å². The van der Waals surface area contributed by atoms with E-state index in [1.54, 1.807) is 13.8 Å². The molecule has 0 aromatic rings. The van der Waals surface area contributed by atoms with E-state index in [9.17, 15) is 0 Å². The van der Waals surface area contributed by atoms with Crippen LogP contribution in [0, 0.1) is 5.92 Å². The molecule has 64 valence electrons. The molecule has 0 amide bonds. The Hall–Kier alpha value is -0.0400. The fourth-order valence-corrected chi connectivity index (χ4v) is 2.11.